The first-order chi connectivity index (χ1) is 9.22. The van der Waals surface area contributed by atoms with Crippen LogP contribution in [0.3, 0.4) is 0 Å². The Labute approximate surface area is 138 Å². The van der Waals surface area contributed by atoms with Crippen LogP contribution in [0.4, 0.5) is 0 Å². The number of benzene rings is 1. The minimum Gasteiger partial charge on any atom is -0.369 e. The largest absolute Gasteiger partial charge is 0.369 e. The van der Waals surface area contributed by atoms with Crippen molar-refractivity contribution in [1.29, 1.82) is 0 Å². The van der Waals surface area contributed by atoms with Crippen molar-refractivity contribution in [2.24, 2.45) is 5.92 Å². The highest BCUT2D eigenvalue weighted by atomic mass is 127. The van der Waals surface area contributed by atoms with Crippen LogP contribution in [-0.4, -0.2) is 10.5 Å². The Hall–Kier alpha value is 0.390. The van der Waals surface area contributed by atoms with E-state index < -0.39 is 0 Å². The van der Waals surface area contributed by atoms with Gasteiger partial charge in [0.2, 0.25) is 0 Å². The topological polar surface area (TPSA) is 9.23 Å². The molecular weight excluding hydrogens is 415 g/mol. The zero-order valence-electron chi connectivity index (χ0n) is 11.4. The normalized spacial score (nSPS) is 25.2. The Balaban J connectivity index is 1.99. The van der Waals surface area contributed by atoms with Crippen molar-refractivity contribution in [3.8, 4) is 0 Å². The Morgan fingerprint density at radius 2 is 2.26 bits per heavy atom. The van der Waals surface area contributed by atoms with E-state index in [9.17, 15) is 0 Å². The number of alkyl halides is 1. The summed E-state index contributed by atoms with van der Waals surface area (Å²) in [5.41, 5.74) is 1.29. The first-order valence-corrected chi connectivity index (χ1v) is 9.51. The lowest BCUT2D eigenvalue weighted by Crippen LogP contribution is -2.25. The van der Waals surface area contributed by atoms with Gasteiger partial charge in [0, 0.05) is 8.90 Å². The van der Waals surface area contributed by atoms with E-state index in [4.69, 9.17) is 4.74 Å². The lowest BCUT2D eigenvalue weighted by atomic mass is 9.85. The minimum atomic E-state index is 0.235. The van der Waals surface area contributed by atoms with Crippen molar-refractivity contribution < 1.29 is 4.74 Å². The lowest BCUT2D eigenvalue weighted by molar-refractivity contribution is -0.0305. The van der Waals surface area contributed by atoms with Gasteiger partial charge in [-0.25, -0.2) is 0 Å². The fraction of sp³-hybridized carbons (Fsp3) is 0.625. The Bertz CT molecular complexity index is 396. The molecule has 19 heavy (non-hydrogen) atoms. The van der Waals surface area contributed by atoms with E-state index in [1.54, 1.807) is 0 Å². The summed E-state index contributed by atoms with van der Waals surface area (Å²) in [6, 6.07) is 8.52. The molecule has 1 saturated carbocycles. The van der Waals surface area contributed by atoms with E-state index in [0.29, 0.717) is 6.10 Å². The summed E-state index contributed by atoms with van der Waals surface area (Å²) in [6.07, 6.45) is 7.19. The number of hydrogen-bond acceptors (Lipinski definition) is 1. The van der Waals surface area contributed by atoms with Gasteiger partial charge < -0.3 is 4.74 Å². The summed E-state index contributed by atoms with van der Waals surface area (Å²) in [5.74, 6) is 0.871. The molecular formula is C16H22BrIO. The molecule has 1 aliphatic carbocycles. The molecule has 1 aromatic rings. The maximum Gasteiger partial charge on any atom is 0.0918 e. The SMILES string of the molecule is CCC1CCCC(OC(CI)c2cccc(Br)c2)C1. The van der Waals surface area contributed by atoms with Crippen molar-refractivity contribution >= 4 is 38.5 Å². The van der Waals surface area contributed by atoms with E-state index in [-0.39, 0.29) is 6.10 Å². The molecule has 0 spiro atoms. The van der Waals surface area contributed by atoms with E-state index in [0.717, 1.165) is 14.8 Å². The van der Waals surface area contributed by atoms with Crippen molar-refractivity contribution in [2.75, 3.05) is 4.43 Å². The zero-order chi connectivity index (χ0) is 13.7. The maximum atomic E-state index is 6.39. The summed E-state index contributed by atoms with van der Waals surface area (Å²) < 4.78 is 8.54. The average molecular weight is 437 g/mol. The molecule has 0 radical (unpaired) electrons. The van der Waals surface area contributed by atoms with Crippen LogP contribution in [0, 0.1) is 5.92 Å². The Morgan fingerprint density at radius 1 is 1.42 bits per heavy atom. The summed E-state index contributed by atoms with van der Waals surface area (Å²) in [4.78, 5) is 0. The van der Waals surface area contributed by atoms with Crippen molar-refractivity contribution in [3.05, 3.63) is 34.3 Å². The standard InChI is InChI=1S/C16H22BrIO/c1-2-12-5-3-8-15(9-12)19-16(11-18)13-6-4-7-14(17)10-13/h4,6-7,10,12,15-16H,2-3,5,8-9,11H2,1H3. The molecule has 0 N–H and O–H groups in total. The van der Waals surface area contributed by atoms with Crippen LogP contribution in [0.2, 0.25) is 0 Å². The predicted octanol–water partition coefficient (Wildman–Crippen LogP) is 5.91. The number of rotatable bonds is 5. The molecule has 0 heterocycles. The lowest BCUT2D eigenvalue weighted by Gasteiger charge is -2.31. The van der Waals surface area contributed by atoms with Crippen molar-refractivity contribution in [1.82, 2.24) is 0 Å². The van der Waals surface area contributed by atoms with Gasteiger partial charge in [0.1, 0.15) is 0 Å². The van der Waals surface area contributed by atoms with Crippen LogP contribution in [0.1, 0.15) is 50.7 Å². The molecule has 1 aromatic carbocycles. The summed E-state index contributed by atoms with van der Waals surface area (Å²) in [5, 5.41) is 0. The van der Waals surface area contributed by atoms with Gasteiger partial charge in [-0.1, -0.05) is 76.8 Å². The second kappa shape index (κ2) is 7.99. The highest BCUT2D eigenvalue weighted by Crippen LogP contribution is 2.33. The molecule has 1 nitrogen and oxygen atoms in total. The van der Waals surface area contributed by atoms with E-state index in [1.807, 2.05) is 0 Å². The molecule has 1 aliphatic rings. The Morgan fingerprint density at radius 3 is 2.95 bits per heavy atom. The van der Waals surface area contributed by atoms with Crippen LogP contribution in [0.5, 0.6) is 0 Å². The van der Waals surface area contributed by atoms with Gasteiger partial charge in [0.15, 0.2) is 0 Å². The van der Waals surface area contributed by atoms with Gasteiger partial charge >= 0.3 is 0 Å². The van der Waals surface area contributed by atoms with E-state index in [1.165, 1.54) is 37.7 Å². The monoisotopic (exact) mass is 436 g/mol. The molecule has 0 aliphatic heterocycles. The average Bonchev–Trinajstić information content (AvgIpc) is 2.45. The molecule has 0 bridgehead atoms. The number of hydrogen-bond donors (Lipinski definition) is 0. The molecule has 106 valence electrons. The van der Waals surface area contributed by atoms with E-state index >= 15 is 0 Å². The molecule has 0 saturated heterocycles. The fourth-order valence-corrected chi connectivity index (χ4v) is 4.01. The van der Waals surface area contributed by atoms with Gasteiger partial charge in [-0.05, 0) is 36.5 Å². The van der Waals surface area contributed by atoms with Crippen molar-refractivity contribution in [3.63, 3.8) is 0 Å². The molecule has 3 unspecified atom stereocenters. The van der Waals surface area contributed by atoms with Crippen molar-refractivity contribution in [2.45, 2.75) is 51.2 Å². The van der Waals surface area contributed by atoms with Crippen LogP contribution in [0.15, 0.2) is 28.7 Å². The van der Waals surface area contributed by atoms with Crippen LogP contribution >= 0.6 is 38.5 Å². The smallest absolute Gasteiger partial charge is 0.0918 e. The molecule has 1 fully saturated rings. The summed E-state index contributed by atoms with van der Waals surface area (Å²) in [7, 11) is 0. The summed E-state index contributed by atoms with van der Waals surface area (Å²) in [6.45, 7) is 2.30. The molecule has 0 amide bonds. The third-order valence-corrected chi connectivity index (χ3v) is 5.32. The highest BCUT2D eigenvalue weighted by Gasteiger charge is 2.24. The second-order valence-electron chi connectivity index (χ2n) is 5.40. The first kappa shape index (κ1) is 15.8. The molecule has 3 atom stereocenters. The zero-order valence-corrected chi connectivity index (χ0v) is 15.2. The van der Waals surface area contributed by atoms with Crippen LogP contribution in [0.25, 0.3) is 0 Å². The van der Waals surface area contributed by atoms with E-state index in [2.05, 4.69) is 69.7 Å². The number of ether oxygens (including phenoxy) is 1. The maximum absolute atomic E-state index is 6.39. The van der Waals surface area contributed by atoms with Gasteiger partial charge in [-0.3, -0.25) is 0 Å². The predicted molar refractivity (Wildman–Crippen MR) is 92.9 cm³/mol. The molecule has 3 heteroatoms. The Kier molecular flexibility index (Phi) is 6.63. The first-order valence-electron chi connectivity index (χ1n) is 7.19. The minimum absolute atomic E-state index is 0.235. The quantitative estimate of drug-likeness (QED) is 0.411. The fourth-order valence-electron chi connectivity index (χ4n) is 2.88. The third kappa shape index (κ3) is 4.71. The second-order valence-corrected chi connectivity index (χ2v) is 7.19. The molecule has 0 aromatic heterocycles. The van der Waals surface area contributed by atoms with Gasteiger partial charge in [0.05, 0.1) is 12.2 Å². The highest BCUT2D eigenvalue weighted by molar-refractivity contribution is 14.1. The third-order valence-electron chi connectivity index (χ3n) is 4.03. The van der Waals surface area contributed by atoms with Crippen LogP contribution in [-0.2, 0) is 4.74 Å². The molecule has 2 rings (SSSR count). The van der Waals surface area contributed by atoms with Gasteiger partial charge in [-0.15, -0.1) is 0 Å². The summed E-state index contributed by atoms with van der Waals surface area (Å²) >= 11 is 5.98. The number of halogens is 2. The van der Waals surface area contributed by atoms with Gasteiger partial charge in [0.25, 0.3) is 0 Å². The van der Waals surface area contributed by atoms with Crippen LogP contribution < -0.4 is 0 Å². The van der Waals surface area contributed by atoms with Gasteiger partial charge in [-0.2, -0.15) is 0 Å².